The largest absolute Gasteiger partial charge is 0.382 e. The van der Waals surface area contributed by atoms with E-state index in [2.05, 4.69) is 26.3 Å². The fraction of sp³-hybridized carbons (Fsp3) is 0.379. The normalized spacial score (nSPS) is 12.8. The second-order valence-corrected chi connectivity index (χ2v) is 10.7. The van der Waals surface area contributed by atoms with E-state index in [1.54, 1.807) is 29.2 Å². The number of anilines is 2. The van der Waals surface area contributed by atoms with Gasteiger partial charge in [0.25, 0.3) is 0 Å². The minimum Gasteiger partial charge on any atom is -0.382 e. The first-order valence-electron chi connectivity index (χ1n) is 13.3. The van der Waals surface area contributed by atoms with Crippen molar-refractivity contribution in [2.45, 2.75) is 50.1 Å². The molecule has 3 N–H and O–H groups in total. The first-order valence-corrected chi connectivity index (χ1v) is 14.3. The number of pyridine rings is 1. The number of hydrogen-bond acceptors (Lipinski definition) is 9. The highest BCUT2D eigenvalue weighted by molar-refractivity contribution is 7.98. The summed E-state index contributed by atoms with van der Waals surface area (Å²) in [5.41, 5.74) is 9.71. The van der Waals surface area contributed by atoms with Crippen molar-refractivity contribution >= 4 is 47.5 Å². The van der Waals surface area contributed by atoms with Crippen molar-refractivity contribution in [3.63, 3.8) is 0 Å². The molecule has 0 atom stereocenters. The fourth-order valence-corrected chi connectivity index (χ4v) is 5.33. The van der Waals surface area contributed by atoms with Gasteiger partial charge in [0, 0.05) is 37.4 Å². The summed E-state index contributed by atoms with van der Waals surface area (Å²) >= 11 is 1.37. The number of nitriles is 1. The van der Waals surface area contributed by atoms with E-state index in [1.165, 1.54) is 31.5 Å². The standard InChI is InChI=1S/C29H34N8O2S.ClH/c1-20(38)32-22-12-10-21(11-13-22)27-25(17-30)28(31)35-29(34-27)40-19-24-8-5-7-23(33-24)18-36(2)26(39)9-6-16-37-14-3-4-15-37;/h5,7-8,10-13H,3-4,6,9,14-16,18-19H2,1-2H3,(H,32,38)(H2,31,34,35);1H. The first kappa shape index (κ1) is 31.8. The number of amides is 2. The number of benzene rings is 1. The Bertz CT molecular complexity index is 1390. The summed E-state index contributed by atoms with van der Waals surface area (Å²) in [5.74, 6) is 0.555. The second-order valence-electron chi connectivity index (χ2n) is 9.80. The van der Waals surface area contributed by atoms with Crippen molar-refractivity contribution in [2.24, 2.45) is 0 Å². The summed E-state index contributed by atoms with van der Waals surface area (Å²) in [4.78, 5) is 41.7. The number of nitrogens with zero attached hydrogens (tertiary/aromatic N) is 6. The Morgan fingerprint density at radius 1 is 1.10 bits per heavy atom. The van der Waals surface area contributed by atoms with Crippen LogP contribution in [0.1, 0.15) is 49.6 Å². The molecule has 1 aliphatic heterocycles. The van der Waals surface area contributed by atoms with Crippen LogP contribution in [-0.4, -0.2) is 63.2 Å². The van der Waals surface area contributed by atoms with Gasteiger partial charge in [0.2, 0.25) is 11.8 Å². The third-order valence-corrected chi connectivity index (χ3v) is 7.49. The van der Waals surface area contributed by atoms with Gasteiger partial charge < -0.3 is 20.9 Å². The van der Waals surface area contributed by atoms with E-state index >= 15 is 0 Å². The van der Waals surface area contributed by atoms with Gasteiger partial charge in [0.15, 0.2) is 5.16 Å². The Balaban J connectivity index is 0.00000462. The molecular weight excluding hydrogens is 560 g/mol. The van der Waals surface area contributed by atoms with Crippen molar-refractivity contribution in [3.05, 3.63) is 59.4 Å². The van der Waals surface area contributed by atoms with Crippen LogP contribution in [0.4, 0.5) is 11.5 Å². The molecule has 1 aliphatic rings. The summed E-state index contributed by atoms with van der Waals surface area (Å²) in [6, 6.07) is 14.9. The highest BCUT2D eigenvalue weighted by Gasteiger charge is 2.16. The summed E-state index contributed by atoms with van der Waals surface area (Å²) in [6.07, 6.45) is 3.94. The van der Waals surface area contributed by atoms with Crippen LogP contribution in [0.3, 0.4) is 0 Å². The number of nitrogens with one attached hydrogen (secondary N) is 1. The number of rotatable bonds is 11. The number of nitrogen functional groups attached to an aromatic ring is 1. The number of halogens is 1. The predicted octanol–water partition coefficient (Wildman–Crippen LogP) is 4.50. The van der Waals surface area contributed by atoms with Gasteiger partial charge in [-0.1, -0.05) is 30.0 Å². The Kier molecular flexibility index (Phi) is 11.9. The Hall–Kier alpha value is -3.72. The maximum Gasteiger partial charge on any atom is 0.222 e. The highest BCUT2D eigenvalue weighted by atomic mass is 35.5. The molecule has 3 heterocycles. The van der Waals surface area contributed by atoms with Crippen LogP contribution in [0, 0.1) is 11.3 Å². The molecule has 2 aromatic heterocycles. The molecule has 1 saturated heterocycles. The third-order valence-electron chi connectivity index (χ3n) is 6.61. The minimum absolute atomic E-state index is 0. The molecule has 12 heteroatoms. The van der Waals surface area contributed by atoms with E-state index in [0.717, 1.165) is 37.4 Å². The highest BCUT2D eigenvalue weighted by Crippen LogP contribution is 2.29. The zero-order valence-corrected chi connectivity index (χ0v) is 24.9. The summed E-state index contributed by atoms with van der Waals surface area (Å²) in [5, 5.41) is 12.8. The number of likely N-dealkylation sites (tertiary alicyclic amines) is 1. The van der Waals surface area contributed by atoms with Gasteiger partial charge >= 0.3 is 0 Å². The predicted molar refractivity (Wildman–Crippen MR) is 163 cm³/mol. The smallest absolute Gasteiger partial charge is 0.222 e. The van der Waals surface area contributed by atoms with Gasteiger partial charge in [0.05, 0.1) is 23.6 Å². The van der Waals surface area contributed by atoms with E-state index in [9.17, 15) is 14.9 Å². The molecule has 0 unspecified atom stereocenters. The van der Waals surface area contributed by atoms with Crippen molar-refractivity contribution < 1.29 is 9.59 Å². The average Bonchev–Trinajstić information content (AvgIpc) is 3.45. The van der Waals surface area contributed by atoms with Gasteiger partial charge in [-0.25, -0.2) is 9.97 Å². The second kappa shape index (κ2) is 15.3. The van der Waals surface area contributed by atoms with E-state index in [0.29, 0.717) is 40.8 Å². The van der Waals surface area contributed by atoms with Gasteiger partial charge in [0.1, 0.15) is 17.5 Å². The van der Waals surface area contributed by atoms with Crippen LogP contribution in [0.2, 0.25) is 0 Å². The van der Waals surface area contributed by atoms with Crippen LogP contribution in [0.25, 0.3) is 11.3 Å². The molecule has 41 heavy (non-hydrogen) atoms. The third kappa shape index (κ3) is 9.14. The summed E-state index contributed by atoms with van der Waals surface area (Å²) in [6.45, 7) is 5.16. The lowest BCUT2D eigenvalue weighted by Gasteiger charge is -2.19. The molecule has 216 valence electrons. The fourth-order valence-electron chi connectivity index (χ4n) is 4.57. The van der Waals surface area contributed by atoms with Crippen LogP contribution in [-0.2, 0) is 21.9 Å². The lowest BCUT2D eigenvalue weighted by molar-refractivity contribution is -0.130. The van der Waals surface area contributed by atoms with E-state index in [1.807, 2.05) is 25.2 Å². The minimum atomic E-state index is -0.167. The topological polar surface area (TPSA) is 141 Å². The number of thioether (sulfide) groups is 1. The number of nitrogens with two attached hydrogens (primary N) is 1. The maximum absolute atomic E-state index is 12.6. The Labute approximate surface area is 251 Å². The molecule has 0 radical (unpaired) electrons. The van der Waals surface area contributed by atoms with Crippen molar-refractivity contribution in [1.29, 1.82) is 5.26 Å². The molecule has 10 nitrogen and oxygen atoms in total. The quantitative estimate of drug-likeness (QED) is 0.242. The zero-order valence-electron chi connectivity index (χ0n) is 23.3. The molecule has 0 bridgehead atoms. The van der Waals surface area contributed by atoms with Gasteiger partial charge in [-0.2, -0.15) is 5.26 Å². The molecular formula is C29H35ClN8O2S. The van der Waals surface area contributed by atoms with Crippen LogP contribution in [0.15, 0.2) is 47.6 Å². The molecule has 1 aromatic carbocycles. The Morgan fingerprint density at radius 2 is 1.80 bits per heavy atom. The van der Waals surface area contributed by atoms with Crippen molar-refractivity contribution in [2.75, 3.05) is 37.7 Å². The van der Waals surface area contributed by atoms with Crippen LogP contribution >= 0.6 is 24.2 Å². The van der Waals surface area contributed by atoms with Crippen molar-refractivity contribution in [3.8, 4) is 17.3 Å². The molecule has 2 amide bonds. The number of hydrogen-bond donors (Lipinski definition) is 2. The molecule has 0 spiro atoms. The van der Waals surface area contributed by atoms with Gasteiger partial charge in [-0.15, -0.1) is 12.4 Å². The SMILES string of the molecule is CC(=O)Nc1ccc(-c2nc(SCc3cccc(CN(C)C(=O)CCCN4CCCC4)n3)nc(N)c2C#N)cc1.Cl. The van der Waals surface area contributed by atoms with Crippen LogP contribution < -0.4 is 11.1 Å². The summed E-state index contributed by atoms with van der Waals surface area (Å²) < 4.78 is 0. The molecule has 0 aliphatic carbocycles. The van der Waals surface area contributed by atoms with E-state index in [4.69, 9.17) is 10.7 Å². The number of carbonyl (C=O) groups excluding carboxylic acids is 2. The molecule has 3 aromatic rings. The molecule has 0 saturated carbocycles. The van der Waals surface area contributed by atoms with Crippen LogP contribution in [0.5, 0.6) is 0 Å². The lowest BCUT2D eigenvalue weighted by Crippen LogP contribution is -2.28. The van der Waals surface area contributed by atoms with E-state index in [-0.39, 0.29) is 35.6 Å². The first-order chi connectivity index (χ1) is 19.3. The lowest BCUT2D eigenvalue weighted by atomic mass is 10.1. The van der Waals surface area contributed by atoms with Gasteiger partial charge in [-0.05, 0) is 63.2 Å². The molecule has 4 rings (SSSR count). The van der Waals surface area contributed by atoms with Crippen molar-refractivity contribution in [1.82, 2.24) is 24.8 Å². The number of carbonyl (C=O) groups is 2. The Morgan fingerprint density at radius 3 is 2.49 bits per heavy atom. The summed E-state index contributed by atoms with van der Waals surface area (Å²) in [7, 11) is 1.82. The average molecular weight is 595 g/mol. The zero-order chi connectivity index (χ0) is 28.5. The monoisotopic (exact) mass is 594 g/mol. The van der Waals surface area contributed by atoms with E-state index < -0.39 is 0 Å². The maximum atomic E-state index is 12.6. The number of aromatic nitrogens is 3. The molecule has 1 fully saturated rings. The van der Waals surface area contributed by atoms with Gasteiger partial charge in [-0.3, -0.25) is 14.6 Å².